The van der Waals surface area contributed by atoms with E-state index in [-0.39, 0.29) is 0 Å². The fraction of sp³-hybridized carbons (Fsp3) is 0.909. The van der Waals surface area contributed by atoms with Crippen LogP contribution in [-0.2, 0) is 0 Å². The Kier molecular flexibility index (Phi) is 6.18. The second-order valence-electron chi connectivity index (χ2n) is 4.51. The van der Waals surface area contributed by atoms with E-state index in [0.29, 0.717) is 5.92 Å². The second kappa shape index (κ2) is 7.46. The highest BCUT2D eigenvalue weighted by Crippen LogP contribution is 2.15. The largest absolute Gasteiger partial charge is 0.355 e. The molecular weight excluding hydrogens is 202 g/mol. The van der Waals surface area contributed by atoms with Gasteiger partial charge in [0.25, 0.3) is 0 Å². The summed E-state index contributed by atoms with van der Waals surface area (Å²) in [5.41, 5.74) is 2.61. The Morgan fingerprint density at radius 2 is 2.12 bits per heavy atom. The first kappa shape index (κ1) is 13.3. The molecule has 5 nitrogen and oxygen atoms in total. The number of aliphatic imine (C=N–C) groups is 1. The Hall–Kier alpha value is -0.810. The van der Waals surface area contributed by atoms with Gasteiger partial charge in [0.15, 0.2) is 0 Å². The number of guanidine groups is 1. The van der Waals surface area contributed by atoms with Crippen molar-refractivity contribution in [1.82, 2.24) is 15.6 Å². The molecule has 0 aliphatic carbocycles. The van der Waals surface area contributed by atoms with E-state index in [4.69, 9.17) is 5.84 Å². The summed E-state index contributed by atoms with van der Waals surface area (Å²) in [5, 5.41) is 3.17. The molecule has 0 atom stereocenters. The van der Waals surface area contributed by atoms with E-state index < -0.39 is 0 Å². The van der Waals surface area contributed by atoms with Crippen LogP contribution in [0.15, 0.2) is 4.99 Å². The third kappa shape index (κ3) is 4.81. The SMILES string of the molecule is CCCNC(=NCC1CCN(C)CC1)NN. The molecule has 5 heteroatoms. The molecule has 0 amide bonds. The van der Waals surface area contributed by atoms with Crippen LogP contribution >= 0.6 is 0 Å². The number of piperidine rings is 1. The molecule has 0 unspecified atom stereocenters. The minimum Gasteiger partial charge on any atom is -0.355 e. The van der Waals surface area contributed by atoms with Crippen LogP contribution in [0.2, 0.25) is 0 Å². The van der Waals surface area contributed by atoms with E-state index in [1.807, 2.05) is 0 Å². The lowest BCUT2D eigenvalue weighted by molar-refractivity contribution is 0.223. The Balaban J connectivity index is 2.26. The molecule has 1 aliphatic rings. The van der Waals surface area contributed by atoms with E-state index in [1.165, 1.54) is 25.9 Å². The average Bonchev–Trinajstić information content (AvgIpc) is 2.32. The molecule has 0 spiro atoms. The molecule has 1 fully saturated rings. The van der Waals surface area contributed by atoms with Gasteiger partial charge in [-0.3, -0.25) is 10.4 Å². The Morgan fingerprint density at radius 3 is 2.69 bits per heavy atom. The van der Waals surface area contributed by atoms with Gasteiger partial charge in [-0.2, -0.15) is 0 Å². The molecule has 0 bridgehead atoms. The van der Waals surface area contributed by atoms with Gasteiger partial charge in [0.05, 0.1) is 0 Å². The van der Waals surface area contributed by atoms with Crippen LogP contribution in [0.1, 0.15) is 26.2 Å². The zero-order valence-corrected chi connectivity index (χ0v) is 10.5. The Bertz CT molecular complexity index is 208. The highest BCUT2D eigenvalue weighted by atomic mass is 15.3. The smallest absolute Gasteiger partial charge is 0.205 e. The lowest BCUT2D eigenvalue weighted by Crippen LogP contribution is -2.42. The quantitative estimate of drug-likeness (QED) is 0.277. The molecule has 0 aromatic carbocycles. The molecule has 16 heavy (non-hydrogen) atoms. The highest BCUT2D eigenvalue weighted by Gasteiger charge is 2.15. The van der Waals surface area contributed by atoms with Crippen molar-refractivity contribution in [3.05, 3.63) is 0 Å². The monoisotopic (exact) mass is 227 g/mol. The van der Waals surface area contributed by atoms with Gasteiger partial charge in [0.1, 0.15) is 0 Å². The van der Waals surface area contributed by atoms with E-state index in [0.717, 1.165) is 25.5 Å². The lowest BCUT2D eigenvalue weighted by atomic mass is 9.97. The van der Waals surface area contributed by atoms with Crippen LogP contribution in [0.3, 0.4) is 0 Å². The summed E-state index contributed by atoms with van der Waals surface area (Å²) < 4.78 is 0. The first-order chi connectivity index (χ1) is 7.76. The van der Waals surface area contributed by atoms with E-state index in [2.05, 4.69) is 34.6 Å². The minimum atomic E-state index is 0.711. The van der Waals surface area contributed by atoms with E-state index in [9.17, 15) is 0 Å². The molecule has 0 aromatic rings. The standard InChI is InChI=1S/C11H25N5/c1-3-6-13-11(15-12)14-9-10-4-7-16(2)8-5-10/h10H,3-9,12H2,1-2H3,(H2,13,14,15). The van der Waals surface area contributed by atoms with Gasteiger partial charge >= 0.3 is 0 Å². The maximum Gasteiger partial charge on any atom is 0.205 e. The zero-order valence-electron chi connectivity index (χ0n) is 10.5. The fourth-order valence-electron chi connectivity index (χ4n) is 1.86. The number of likely N-dealkylation sites (tertiary alicyclic amines) is 1. The minimum absolute atomic E-state index is 0.711. The number of hydrogen-bond donors (Lipinski definition) is 3. The first-order valence-electron chi connectivity index (χ1n) is 6.19. The average molecular weight is 227 g/mol. The van der Waals surface area contributed by atoms with Crippen molar-refractivity contribution in [3.63, 3.8) is 0 Å². The molecule has 0 aromatic heterocycles. The van der Waals surface area contributed by atoms with Crippen LogP contribution in [0, 0.1) is 5.92 Å². The normalized spacial score (nSPS) is 19.8. The zero-order chi connectivity index (χ0) is 11.8. The van der Waals surface area contributed by atoms with Crippen LogP contribution in [-0.4, -0.2) is 44.1 Å². The van der Waals surface area contributed by atoms with Crippen LogP contribution in [0.4, 0.5) is 0 Å². The lowest BCUT2D eigenvalue weighted by Gasteiger charge is -2.27. The van der Waals surface area contributed by atoms with Crippen LogP contribution in [0.25, 0.3) is 0 Å². The fourth-order valence-corrected chi connectivity index (χ4v) is 1.86. The van der Waals surface area contributed by atoms with Crippen molar-refractivity contribution in [2.24, 2.45) is 16.8 Å². The van der Waals surface area contributed by atoms with Gasteiger partial charge in [0.2, 0.25) is 5.96 Å². The summed E-state index contributed by atoms with van der Waals surface area (Å²) in [7, 11) is 2.18. The van der Waals surface area contributed by atoms with Gasteiger partial charge in [-0.1, -0.05) is 6.92 Å². The van der Waals surface area contributed by atoms with Crippen LogP contribution < -0.4 is 16.6 Å². The summed E-state index contributed by atoms with van der Waals surface area (Å²) in [5.74, 6) is 6.83. The second-order valence-corrected chi connectivity index (χ2v) is 4.51. The highest BCUT2D eigenvalue weighted by molar-refractivity contribution is 5.79. The summed E-state index contributed by atoms with van der Waals surface area (Å²) in [6.07, 6.45) is 3.56. The maximum atomic E-state index is 5.40. The first-order valence-corrected chi connectivity index (χ1v) is 6.19. The number of hydrogen-bond acceptors (Lipinski definition) is 3. The Labute approximate surface area is 98.4 Å². The van der Waals surface area contributed by atoms with Gasteiger partial charge in [0, 0.05) is 13.1 Å². The molecule has 94 valence electrons. The number of nitrogens with zero attached hydrogens (tertiary/aromatic N) is 2. The van der Waals surface area contributed by atoms with Crippen molar-refractivity contribution in [2.75, 3.05) is 33.2 Å². The molecule has 4 N–H and O–H groups in total. The third-order valence-corrected chi connectivity index (χ3v) is 3.02. The van der Waals surface area contributed by atoms with E-state index >= 15 is 0 Å². The molecular formula is C11H25N5. The molecule has 0 radical (unpaired) electrons. The van der Waals surface area contributed by atoms with Gasteiger partial charge in [-0.15, -0.1) is 0 Å². The van der Waals surface area contributed by atoms with Gasteiger partial charge < -0.3 is 10.2 Å². The predicted molar refractivity (Wildman–Crippen MR) is 68.1 cm³/mol. The third-order valence-electron chi connectivity index (χ3n) is 3.02. The topological polar surface area (TPSA) is 65.7 Å². The van der Waals surface area contributed by atoms with E-state index in [1.54, 1.807) is 0 Å². The Morgan fingerprint density at radius 1 is 1.44 bits per heavy atom. The maximum absolute atomic E-state index is 5.40. The van der Waals surface area contributed by atoms with Gasteiger partial charge in [-0.05, 0) is 45.3 Å². The number of hydrazine groups is 1. The van der Waals surface area contributed by atoms with Crippen molar-refractivity contribution in [3.8, 4) is 0 Å². The number of nitrogens with one attached hydrogen (secondary N) is 2. The summed E-state index contributed by atoms with van der Waals surface area (Å²) in [4.78, 5) is 6.85. The summed E-state index contributed by atoms with van der Waals surface area (Å²) in [6, 6.07) is 0. The summed E-state index contributed by atoms with van der Waals surface area (Å²) in [6.45, 7) is 6.29. The molecule has 1 rings (SSSR count). The molecule has 0 saturated carbocycles. The van der Waals surface area contributed by atoms with Crippen molar-refractivity contribution in [1.29, 1.82) is 0 Å². The van der Waals surface area contributed by atoms with Crippen LogP contribution in [0.5, 0.6) is 0 Å². The molecule has 1 saturated heterocycles. The van der Waals surface area contributed by atoms with Crippen molar-refractivity contribution < 1.29 is 0 Å². The predicted octanol–water partition coefficient (Wildman–Crippen LogP) is 0.147. The van der Waals surface area contributed by atoms with Crippen molar-refractivity contribution >= 4 is 5.96 Å². The van der Waals surface area contributed by atoms with Gasteiger partial charge in [-0.25, -0.2) is 5.84 Å². The number of rotatable bonds is 4. The van der Waals surface area contributed by atoms with Crippen molar-refractivity contribution in [2.45, 2.75) is 26.2 Å². The molecule has 1 heterocycles. The summed E-state index contributed by atoms with van der Waals surface area (Å²) >= 11 is 0. The number of nitrogens with two attached hydrogens (primary N) is 1. The molecule has 1 aliphatic heterocycles.